The minimum Gasteiger partial charge on any atom is -0.457 e. The highest BCUT2D eigenvalue weighted by atomic mass is 19.1. The van der Waals surface area contributed by atoms with E-state index in [0.717, 1.165) is 40.8 Å². The maximum Gasteiger partial charge on any atom is 0.252 e. The number of nitrogens with one attached hydrogen (secondary N) is 1. The second-order valence-corrected chi connectivity index (χ2v) is 8.16. The predicted molar refractivity (Wildman–Crippen MR) is 119 cm³/mol. The number of halogens is 1. The molecule has 0 radical (unpaired) electrons. The number of amides is 1. The minimum atomic E-state index is -0.305. The fraction of sp³-hybridized carbons (Fsp3) is 0.240. The number of hydrogen-bond donors (Lipinski definition) is 1. The Morgan fingerprint density at radius 2 is 1.78 bits per heavy atom. The van der Waals surface area contributed by atoms with E-state index in [9.17, 15) is 9.18 Å². The Morgan fingerprint density at radius 1 is 1.12 bits per heavy atom. The third kappa shape index (κ3) is 4.06. The number of hydrogen-bond acceptors (Lipinski definition) is 4. The van der Waals surface area contributed by atoms with Gasteiger partial charge in [0.15, 0.2) is 5.65 Å². The Labute approximate surface area is 185 Å². The van der Waals surface area contributed by atoms with Gasteiger partial charge in [-0.25, -0.2) is 9.37 Å². The van der Waals surface area contributed by atoms with Gasteiger partial charge in [-0.15, -0.1) is 0 Å². The first kappa shape index (κ1) is 20.2. The number of aryl methyl sites for hydroxylation is 2. The van der Waals surface area contributed by atoms with E-state index in [-0.39, 0.29) is 11.7 Å². The summed E-state index contributed by atoms with van der Waals surface area (Å²) in [5.74, 6) is 1.20. The van der Waals surface area contributed by atoms with Crippen molar-refractivity contribution in [3.63, 3.8) is 0 Å². The number of rotatable bonds is 6. The molecule has 0 unspecified atom stereocenters. The number of pyridine rings is 1. The van der Waals surface area contributed by atoms with Crippen molar-refractivity contribution in [1.82, 2.24) is 20.1 Å². The molecule has 1 fully saturated rings. The van der Waals surface area contributed by atoms with E-state index in [4.69, 9.17) is 9.72 Å². The van der Waals surface area contributed by atoms with Crippen LogP contribution in [0.4, 0.5) is 4.39 Å². The van der Waals surface area contributed by atoms with Crippen LogP contribution in [0.5, 0.6) is 11.5 Å². The highest BCUT2D eigenvalue weighted by molar-refractivity contribution is 6.06. The summed E-state index contributed by atoms with van der Waals surface area (Å²) in [6.07, 6.45) is 2.23. The molecule has 32 heavy (non-hydrogen) atoms. The summed E-state index contributed by atoms with van der Waals surface area (Å²) in [7, 11) is 1.86. The van der Waals surface area contributed by atoms with Gasteiger partial charge in [0, 0.05) is 25.2 Å². The van der Waals surface area contributed by atoms with Crippen molar-refractivity contribution >= 4 is 16.9 Å². The van der Waals surface area contributed by atoms with Crippen LogP contribution in [-0.4, -0.2) is 20.7 Å². The molecule has 0 saturated heterocycles. The zero-order valence-corrected chi connectivity index (χ0v) is 17.9. The minimum absolute atomic E-state index is 0.137. The van der Waals surface area contributed by atoms with Gasteiger partial charge < -0.3 is 10.1 Å². The normalized spacial score (nSPS) is 13.3. The van der Waals surface area contributed by atoms with Crippen LogP contribution in [0, 0.1) is 12.7 Å². The van der Waals surface area contributed by atoms with E-state index in [1.807, 2.05) is 44.3 Å². The van der Waals surface area contributed by atoms with Crippen LogP contribution < -0.4 is 10.1 Å². The summed E-state index contributed by atoms with van der Waals surface area (Å²) >= 11 is 0. The average molecular weight is 430 g/mol. The molecular formula is C25H23FN4O2. The Kier molecular flexibility index (Phi) is 5.09. The van der Waals surface area contributed by atoms with Gasteiger partial charge in [0.05, 0.1) is 16.6 Å². The summed E-state index contributed by atoms with van der Waals surface area (Å²) in [5, 5.41) is 8.28. The van der Waals surface area contributed by atoms with Crippen molar-refractivity contribution in [2.24, 2.45) is 7.05 Å². The predicted octanol–water partition coefficient (Wildman–Crippen LogP) is 5.02. The zero-order chi connectivity index (χ0) is 22.2. The van der Waals surface area contributed by atoms with Crippen molar-refractivity contribution in [3.8, 4) is 11.5 Å². The van der Waals surface area contributed by atoms with Crippen LogP contribution in [0.3, 0.4) is 0 Å². The first-order chi connectivity index (χ1) is 15.5. The van der Waals surface area contributed by atoms with Gasteiger partial charge in [-0.05, 0) is 67.8 Å². The molecule has 162 valence electrons. The molecule has 2 aromatic heterocycles. The Balaban J connectivity index is 1.30. The first-order valence-electron chi connectivity index (χ1n) is 10.6. The van der Waals surface area contributed by atoms with Gasteiger partial charge in [-0.2, -0.15) is 5.10 Å². The first-order valence-corrected chi connectivity index (χ1v) is 10.6. The van der Waals surface area contributed by atoms with Crippen LogP contribution in [0.2, 0.25) is 0 Å². The van der Waals surface area contributed by atoms with Crippen LogP contribution in [0.1, 0.15) is 46.1 Å². The standard InChI is InChI=1S/C25H23FN4O2/c1-15-23-21(13-22(17-5-6-17)28-24(23)30(2)29-15)25(31)27-14-16-3-9-19(10-4-16)32-20-11-7-18(26)8-12-20/h3-4,7-13,17H,5-6,14H2,1-2H3,(H,27,31). The Hall–Kier alpha value is -3.74. The lowest BCUT2D eigenvalue weighted by Crippen LogP contribution is -2.23. The number of carbonyl (C=O) groups is 1. The van der Waals surface area contributed by atoms with E-state index in [0.29, 0.717) is 29.5 Å². The summed E-state index contributed by atoms with van der Waals surface area (Å²) in [6.45, 7) is 2.29. The molecule has 7 heteroatoms. The second-order valence-electron chi connectivity index (χ2n) is 8.16. The summed E-state index contributed by atoms with van der Waals surface area (Å²) in [4.78, 5) is 17.8. The van der Waals surface area contributed by atoms with Crippen molar-refractivity contribution in [2.75, 3.05) is 0 Å². The van der Waals surface area contributed by atoms with Gasteiger partial charge in [-0.1, -0.05) is 12.1 Å². The smallest absolute Gasteiger partial charge is 0.252 e. The monoisotopic (exact) mass is 430 g/mol. The van der Waals surface area contributed by atoms with Crippen molar-refractivity contribution in [3.05, 3.63) is 82.9 Å². The molecule has 0 spiro atoms. The summed E-state index contributed by atoms with van der Waals surface area (Å²) in [6, 6.07) is 15.2. The number of fused-ring (bicyclic) bond motifs is 1. The quantitative estimate of drug-likeness (QED) is 0.467. The lowest BCUT2D eigenvalue weighted by Gasteiger charge is -2.10. The van der Waals surface area contributed by atoms with E-state index in [1.54, 1.807) is 16.8 Å². The van der Waals surface area contributed by atoms with Gasteiger partial charge >= 0.3 is 0 Å². The van der Waals surface area contributed by atoms with Gasteiger partial charge in [0.25, 0.3) is 5.91 Å². The van der Waals surface area contributed by atoms with E-state index in [2.05, 4.69) is 10.4 Å². The molecule has 2 aromatic carbocycles. The van der Waals surface area contributed by atoms with Gasteiger partial charge in [-0.3, -0.25) is 9.48 Å². The second kappa shape index (κ2) is 8.07. The molecule has 0 bridgehead atoms. The summed E-state index contributed by atoms with van der Waals surface area (Å²) in [5.41, 5.74) is 4.08. The highest BCUT2D eigenvalue weighted by Crippen LogP contribution is 2.40. The summed E-state index contributed by atoms with van der Waals surface area (Å²) < 4.78 is 20.5. The molecule has 4 aromatic rings. The van der Waals surface area contributed by atoms with E-state index < -0.39 is 0 Å². The SMILES string of the molecule is Cc1nn(C)c2nc(C3CC3)cc(C(=O)NCc3ccc(Oc4ccc(F)cc4)cc3)c12. The largest absolute Gasteiger partial charge is 0.457 e. The molecule has 2 heterocycles. The third-order valence-corrected chi connectivity index (χ3v) is 5.65. The van der Waals surface area contributed by atoms with Gasteiger partial charge in [0.1, 0.15) is 17.3 Å². The lowest BCUT2D eigenvalue weighted by molar-refractivity contribution is 0.0952. The highest BCUT2D eigenvalue weighted by Gasteiger charge is 2.28. The molecular weight excluding hydrogens is 407 g/mol. The average Bonchev–Trinajstić information content (AvgIpc) is 3.60. The maximum absolute atomic E-state index is 13.1. The van der Waals surface area contributed by atoms with Crippen molar-refractivity contribution in [2.45, 2.75) is 32.2 Å². The number of ether oxygens (including phenoxy) is 1. The number of nitrogens with zero attached hydrogens (tertiary/aromatic N) is 3. The fourth-order valence-electron chi connectivity index (χ4n) is 3.82. The van der Waals surface area contributed by atoms with Crippen LogP contribution in [0.25, 0.3) is 11.0 Å². The molecule has 0 aliphatic heterocycles. The number of carbonyl (C=O) groups excluding carboxylic acids is 1. The fourth-order valence-corrected chi connectivity index (χ4v) is 3.82. The molecule has 5 rings (SSSR count). The molecule has 1 saturated carbocycles. The number of aromatic nitrogens is 3. The molecule has 0 atom stereocenters. The Bertz CT molecular complexity index is 1290. The van der Waals surface area contributed by atoms with E-state index in [1.165, 1.54) is 12.1 Å². The number of benzene rings is 2. The van der Waals surface area contributed by atoms with Gasteiger partial charge in [0.2, 0.25) is 0 Å². The molecule has 1 aliphatic rings. The van der Waals surface area contributed by atoms with Crippen molar-refractivity contribution in [1.29, 1.82) is 0 Å². The Morgan fingerprint density at radius 3 is 2.44 bits per heavy atom. The topological polar surface area (TPSA) is 69.0 Å². The zero-order valence-electron chi connectivity index (χ0n) is 17.9. The van der Waals surface area contributed by atoms with Crippen LogP contribution in [0.15, 0.2) is 54.6 Å². The van der Waals surface area contributed by atoms with Crippen LogP contribution >= 0.6 is 0 Å². The molecule has 1 N–H and O–H groups in total. The lowest BCUT2D eigenvalue weighted by atomic mass is 10.1. The van der Waals surface area contributed by atoms with E-state index >= 15 is 0 Å². The van der Waals surface area contributed by atoms with Crippen molar-refractivity contribution < 1.29 is 13.9 Å². The molecule has 1 aliphatic carbocycles. The molecule has 1 amide bonds. The van der Waals surface area contributed by atoms with Crippen LogP contribution in [-0.2, 0) is 13.6 Å². The third-order valence-electron chi connectivity index (χ3n) is 5.65. The molecule has 6 nitrogen and oxygen atoms in total. The maximum atomic E-state index is 13.1.